The summed E-state index contributed by atoms with van der Waals surface area (Å²) in [6.07, 6.45) is 9.96. The van der Waals surface area contributed by atoms with Crippen molar-refractivity contribution in [2.24, 2.45) is 11.8 Å². The first-order chi connectivity index (χ1) is 21.1. The van der Waals surface area contributed by atoms with E-state index in [4.69, 9.17) is 4.42 Å². The molecular weight excluding hydrogens is 739 g/mol. The molecule has 0 unspecified atom stereocenters. The van der Waals surface area contributed by atoms with Crippen LogP contribution in [0.2, 0.25) is 0 Å². The standard InChI is InChI=1S/C25H20N3O.C13H24O2.Ir/c1-25(2,3)20-11-18(10-16-6-4-5-7-19(16)20)21-12-22(28-15-27-21)23-13-24-17(14-26-23)8-9-29-24;1-5-10(6-2)12(14)9-13(15)11(7-3)8-4;/h4-9,11-15H,1-3H3;9-11,14H,5-8H2,1-4H3;/q-1;;/b;12-9-;. The number of carbonyl (C=O) groups is 1. The van der Waals surface area contributed by atoms with E-state index in [0.29, 0.717) is 0 Å². The Morgan fingerprint density at radius 2 is 1.53 bits per heavy atom. The molecule has 0 aliphatic heterocycles. The number of hydrogen-bond donors (Lipinski definition) is 1. The van der Waals surface area contributed by atoms with E-state index in [1.165, 1.54) is 17.0 Å². The minimum Gasteiger partial charge on any atom is -0.512 e. The Morgan fingerprint density at radius 3 is 2.20 bits per heavy atom. The molecular formula is C38H44IrN3O3-. The smallest absolute Gasteiger partial charge is 0.162 e. The van der Waals surface area contributed by atoms with Crippen LogP contribution in [0.4, 0.5) is 0 Å². The molecule has 0 aliphatic rings. The molecule has 0 bridgehead atoms. The summed E-state index contributed by atoms with van der Waals surface area (Å²) in [6, 6.07) is 19.9. The number of ketones is 1. The van der Waals surface area contributed by atoms with Crippen LogP contribution in [0.1, 0.15) is 79.7 Å². The minimum atomic E-state index is 0. The zero-order chi connectivity index (χ0) is 31.9. The Bertz CT molecular complexity index is 1740. The molecule has 5 rings (SSSR count). The molecule has 0 atom stereocenters. The van der Waals surface area contributed by atoms with E-state index in [1.807, 2.05) is 52.0 Å². The van der Waals surface area contributed by atoms with Crippen molar-refractivity contribution in [3.63, 3.8) is 0 Å². The molecule has 1 radical (unpaired) electrons. The molecule has 0 saturated heterocycles. The summed E-state index contributed by atoms with van der Waals surface area (Å²) in [5, 5.41) is 13.0. The van der Waals surface area contributed by atoms with E-state index in [1.54, 1.807) is 18.8 Å². The molecule has 1 N–H and O–H groups in total. The third-order valence-electron chi connectivity index (χ3n) is 8.21. The molecule has 2 aromatic carbocycles. The van der Waals surface area contributed by atoms with Crippen LogP contribution in [0.5, 0.6) is 0 Å². The summed E-state index contributed by atoms with van der Waals surface area (Å²) >= 11 is 0. The van der Waals surface area contributed by atoms with Gasteiger partial charge in [0.2, 0.25) is 0 Å². The first kappa shape index (κ1) is 35.8. The number of hydrogen-bond acceptors (Lipinski definition) is 6. The number of nitrogens with zero attached hydrogens (tertiary/aromatic N) is 3. The summed E-state index contributed by atoms with van der Waals surface area (Å²) in [7, 11) is 0. The molecule has 0 saturated carbocycles. The molecule has 6 nitrogen and oxygen atoms in total. The topological polar surface area (TPSA) is 89.1 Å². The van der Waals surface area contributed by atoms with Gasteiger partial charge >= 0.3 is 0 Å². The van der Waals surface area contributed by atoms with E-state index in [0.717, 1.165) is 64.7 Å². The Kier molecular flexibility index (Phi) is 12.8. The first-order valence-electron chi connectivity index (χ1n) is 15.6. The van der Waals surface area contributed by atoms with Crippen LogP contribution < -0.4 is 0 Å². The monoisotopic (exact) mass is 783 g/mol. The van der Waals surface area contributed by atoms with Gasteiger partial charge in [0.05, 0.1) is 23.4 Å². The third kappa shape index (κ3) is 8.74. The summed E-state index contributed by atoms with van der Waals surface area (Å²) in [5.74, 6) is 0.547. The SMILES string of the molecule is CC(C)(C)c1cc(-c2cc(-c3cc4occc4cn3)ncn2)[c-]c2ccccc12.CCC(CC)C(=O)/C=C(\O)C(CC)CC.[Ir]. The van der Waals surface area contributed by atoms with Gasteiger partial charge in [-0.3, -0.25) is 14.8 Å². The summed E-state index contributed by atoms with van der Waals surface area (Å²) in [6.45, 7) is 14.8. The molecule has 3 aromatic heterocycles. The number of fused-ring (bicyclic) bond motifs is 2. The number of carbonyl (C=O) groups excluding carboxylic acids is 1. The fourth-order valence-corrected chi connectivity index (χ4v) is 5.41. The van der Waals surface area contributed by atoms with Gasteiger partial charge in [-0.1, -0.05) is 77.6 Å². The van der Waals surface area contributed by atoms with E-state index < -0.39 is 0 Å². The van der Waals surface area contributed by atoms with Crippen molar-refractivity contribution >= 4 is 27.5 Å². The van der Waals surface area contributed by atoms with Crippen molar-refractivity contribution in [3.05, 3.63) is 90.8 Å². The van der Waals surface area contributed by atoms with Crippen molar-refractivity contribution in [2.75, 3.05) is 0 Å². The molecule has 7 heteroatoms. The number of allylic oxidation sites excluding steroid dienone is 2. The summed E-state index contributed by atoms with van der Waals surface area (Å²) in [4.78, 5) is 25.2. The van der Waals surface area contributed by atoms with Crippen LogP contribution in [-0.2, 0) is 30.3 Å². The van der Waals surface area contributed by atoms with Crippen molar-refractivity contribution in [2.45, 2.75) is 79.6 Å². The van der Waals surface area contributed by atoms with Crippen LogP contribution >= 0.6 is 0 Å². The van der Waals surface area contributed by atoms with E-state index in [9.17, 15) is 9.90 Å². The maximum Gasteiger partial charge on any atom is 0.162 e. The van der Waals surface area contributed by atoms with Crippen molar-refractivity contribution < 1.29 is 34.4 Å². The normalized spacial score (nSPS) is 11.9. The van der Waals surface area contributed by atoms with Gasteiger partial charge in [-0.2, -0.15) is 0 Å². The Balaban J connectivity index is 0.000000297. The van der Waals surface area contributed by atoms with E-state index in [-0.39, 0.29) is 48.9 Å². The first-order valence-corrected chi connectivity index (χ1v) is 15.6. The molecule has 0 aliphatic carbocycles. The number of pyridine rings is 1. The van der Waals surface area contributed by atoms with E-state index >= 15 is 0 Å². The van der Waals surface area contributed by atoms with Gasteiger partial charge in [-0.05, 0) is 43.2 Å². The van der Waals surface area contributed by atoms with Gasteiger partial charge < -0.3 is 9.52 Å². The van der Waals surface area contributed by atoms with E-state index in [2.05, 4.69) is 66.1 Å². The molecule has 0 spiro atoms. The van der Waals surface area contributed by atoms with Gasteiger partial charge in [0.15, 0.2) is 5.78 Å². The van der Waals surface area contributed by atoms with Crippen LogP contribution in [0, 0.1) is 17.9 Å². The minimum absolute atomic E-state index is 0. The number of furan rings is 1. The summed E-state index contributed by atoms with van der Waals surface area (Å²) < 4.78 is 5.51. The van der Waals surface area contributed by atoms with Gasteiger partial charge in [-0.25, -0.2) is 4.98 Å². The van der Waals surface area contributed by atoms with Crippen LogP contribution in [-0.4, -0.2) is 25.8 Å². The zero-order valence-electron chi connectivity index (χ0n) is 27.4. The Labute approximate surface area is 280 Å². The Hall–Kier alpha value is -3.67. The average molecular weight is 783 g/mol. The van der Waals surface area contributed by atoms with Crippen molar-refractivity contribution in [3.8, 4) is 22.6 Å². The second-order valence-electron chi connectivity index (χ2n) is 12.2. The average Bonchev–Trinajstić information content (AvgIpc) is 3.50. The van der Waals surface area contributed by atoms with Crippen molar-refractivity contribution in [1.29, 1.82) is 0 Å². The fourth-order valence-electron chi connectivity index (χ4n) is 5.41. The van der Waals surface area contributed by atoms with Gasteiger partial charge in [0.1, 0.15) is 11.9 Å². The molecule has 0 fully saturated rings. The van der Waals surface area contributed by atoms with Crippen molar-refractivity contribution in [1.82, 2.24) is 15.0 Å². The second kappa shape index (κ2) is 16.1. The number of aromatic nitrogens is 3. The molecule has 5 aromatic rings. The number of aliphatic hydroxyl groups excluding tert-OH is 1. The number of benzene rings is 2. The van der Waals surface area contributed by atoms with Gasteiger partial charge in [0, 0.05) is 61.4 Å². The van der Waals surface area contributed by atoms with Crippen LogP contribution in [0.15, 0.2) is 83.6 Å². The summed E-state index contributed by atoms with van der Waals surface area (Å²) in [5.41, 5.74) is 5.37. The van der Waals surface area contributed by atoms with Crippen LogP contribution in [0.3, 0.4) is 0 Å². The zero-order valence-corrected chi connectivity index (χ0v) is 29.7. The van der Waals surface area contributed by atoms with Gasteiger partial charge in [-0.15, -0.1) is 29.1 Å². The fraction of sp³-hybridized carbons (Fsp3) is 0.368. The maximum absolute atomic E-state index is 11.7. The molecule has 45 heavy (non-hydrogen) atoms. The molecule has 3 heterocycles. The molecule has 0 amide bonds. The molecule has 239 valence electrons. The maximum atomic E-state index is 11.7. The quantitative estimate of drug-likeness (QED) is 0.0910. The largest absolute Gasteiger partial charge is 0.512 e. The van der Waals surface area contributed by atoms with Crippen LogP contribution in [0.25, 0.3) is 44.4 Å². The predicted molar refractivity (Wildman–Crippen MR) is 179 cm³/mol. The predicted octanol–water partition coefficient (Wildman–Crippen LogP) is 10.1. The Morgan fingerprint density at radius 1 is 0.889 bits per heavy atom. The third-order valence-corrected chi connectivity index (χ3v) is 8.21. The second-order valence-corrected chi connectivity index (χ2v) is 12.2. The number of aliphatic hydroxyl groups is 1. The number of rotatable bonds is 9. The van der Waals surface area contributed by atoms with Gasteiger partial charge in [0.25, 0.3) is 0 Å².